The molecule has 0 amide bonds. The SMILES string of the molecule is Nc1ncc(-c2cnc3ccccc3n2)[nH]1. The lowest BCUT2D eigenvalue weighted by atomic mass is 10.3. The number of H-pyrrole nitrogens is 1. The Hall–Kier alpha value is -2.43. The Labute approximate surface area is 91.4 Å². The number of nitrogens with one attached hydrogen (secondary N) is 1. The molecule has 0 spiro atoms. The van der Waals surface area contributed by atoms with Crippen molar-refractivity contribution in [2.45, 2.75) is 0 Å². The first-order valence-electron chi connectivity index (χ1n) is 4.85. The topological polar surface area (TPSA) is 80.5 Å². The number of nitrogens with zero attached hydrogens (tertiary/aromatic N) is 3. The number of para-hydroxylation sites is 2. The minimum Gasteiger partial charge on any atom is -0.369 e. The van der Waals surface area contributed by atoms with Gasteiger partial charge in [-0.05, 0) is 12.1 Å². The van der Waals surface area contributed by atoms with Gasteiger partial charge in [0.25, 0.3) is 0 Å². The van der Waals surface area contributed by atoms with E-state index in [4.69, 9.17) is 5.73 Å². The third kappa shape index (κ3) is 1.38. The van der Waals surface area contributed by atoms with Crippen LogP contribution in [0.1, 0.15) is 0 Å². The number of nitrogens with two attached hydrogens (primary N) is 1. The number of hydrogen-bond donors (Lipinski definition) is 2. The highest BCUT2D eigenvalue weighted by Crippen LogP contribution is 2.17. The number of benzene rings is 1. The fourth-order valence-corrected chi connectivity index (χ4v) is 1.55. The molecular weight excluding hydrogens is 202 g/mol. The summed E-state index contributed by atoms with van der Waals surface area (Å²) in [5, 5.41) is 0. The number of imidazole rings is 1. The van der Waals surface area contributed by atoms with Crippen LogP contribution < -0.4 is 5.73 Å². The zero-order valence-corrected chi connectivity index (χ0v) is 8.38. The molecule has 5 heteroatoms. The van der Waals surface area contributed by atoms with Crippen molar-refractivity contribution in [3.8, 4) is 11.4 Å². The maximum absolute atomic E-state index is 5.51. The molecule has 3 rings (SSSR count). The van der Waals surface area contributed by atoms with Gasteiger partial charge in [-0.3, -0.25) is 4.98 Å². The Morgan fingerprint density at radius 1 is 1.00 bits per heavy atom. The molecule has 0 fully saturated rings. The molecule has 0 bridgehead atoms. The van der Waals surface area contributed by atoms with Crippen molar-refractivity contribution < 1.29 is 0 Å². The Bertz CT molecular complexity index is 643. The van der Waals surface area contributed by atoms with Crippen LogP contribution in [-0.2, 0) is 0 Å². The summed E-state index contributed by atoms with van der Waals surface area (Å²) in [6.07, 6.45) is 3.35. The molecule has 0 aliphatic heterocycles. The van der Waals surface area contributed by atoms with Gasteiger partial charge >= 0.3 is 0 Å². The fourth-order valence-electron chi connectivity index (χ4n) is 1.55. The van der Waals surface area contributed by atoms with Gasteiger partial charge in [-0.25, -0.2) is 9.97 Å². The maximum atomic E-state index is 5.51. The highest BCUT2D eigenvalue weighted by molar-refractivity contribution is 5.76. The summed E-state index contributed by atoms with van der Waals surface area (Å²) in [7, 11) is 0. The van der Waals surface area contributed by atoms with E-state index in [0.29, 0.717) is 5.95 Å². The second kappa shape index (κ2) is 3.30. The molecule has 78 valence electrons. The minimum absolute atomic E-state index is 0.380. The second-order valence-electron chi connectivity index (χ2n) is 3.43. The number of rotatable bonds is 1. The predicted molar refractivity (Wildman–Crippen MR) is 61.5 cm³/mol. The third-order valence-corrected chi connectivity index (χ3v) is 2.32. The van der Waals surface area contributed by atoms with Crippen molar-refractivity contribution in [2.75, 3.05) is 5.73 Å². The van der Waals surface area contributed by atoms with Crippen LogP contribution in [0, 0.1) is 0 Å². The van der Waals surface area contributed by atoms with Crippen molar-refractivity contribution in [3.05, 3.63) is 36.7 Å². The number of aromatic amines is 1. The van der Waals surface area contributed by atoms with E-state index < -0.39 is 0 Å². The minimum atomic E-state index is 0.380. The average molecular weight is 211 g/mol. The van der Waals surface area contributed by atoms with E-state index >= 15 is 0 Å². The molecule has 0 saturated heterocycles. The number of anilines is 1. The van der Waals surface area contributed by atoms with E-state index in [0.717, 1.165) is 22.4 Å². The lowest BCUT2D eigenvalue weighted by molar-refractivity contribution is 1.26. The van der Waals surface area contributed by atoms with Gasteiger partial charge in [0.1, 0.15) is 5.69 Å². The van der Waals surface area contributed by atoms with Crippen LogP contribution in [-0.4, -0.2) is 19.9 Å². The van der Waals surface area contributed by atoms with Gasteiger partial charge in [0, 0.05) is 0 Å². The van der Waals surface area contributed by atoms with Crippen LogP contribution in [0.25, 0.3) is 22.4 Å². The Morgan fingerprint density at radius 3 is 2.56 bits per heavy atom. The largest absolute Gasteiger partial charge is 0.369 e. The number of aromatic nitrogens is 4. The summed E-state index contributed by atoms with van der Waals surface area (Å²) >= 11 is 0. The Balaban J connectivity index is 2.18. The van der Waals surface area contributed by atoms with Crippen molar-refractivity contribution in [2.24, 2.45) is 0 Å². The van der Waals surface area contributed by atoms with Gasteiger partial charge in [-0.1, -0.05) is 12.1 Å². The standard InChI is InChI=1S/C11H9N5/c12-11-14-6-10(16-11)9-5-13-7-3-1-2-4-8(7)15-9/h1-6H,(H3,12,14,16). The molecule has 0 radical (unpaired) electrons. The molecule has 0 aliphatic carbocycles. The maximum Gasteiger partial charge on any atom is 0.197 e. The molecule has 2 aromatic heterocycles. The van der Waals surface area contributed by atoms with Gasteiger partial charge < -0.3 is 10.7 Å². The van der Waals surface area contributed by atoms with Crippen molar-refractivity contribution in [3.63, 3.8) is 0 Å². The normalized spacial score (nSPS) is 10.8. The third-order valence-electron chi connectivity index (χ3n) is 2.32. The summed E-state index contributed by atoms with van der Waals surface area (Å²) in [5.74, 6) is 0.380. The van der Waals surface area contributed by atoms with E-state index in [1.165, 1.54) is 0 Å². The summed E-state index contributed by atoms with van der Waals surface area (Å²) in [4.78, 5) is 15.6. The monoisotopic (exact) mass is 211 g/mol. The van der Waals surface area contributed by atoms with Gasteiger partial charge in [0.15, 0.2) is 5.95 Å². The zero-order valence-electron chi connectivity index (χ0n) is 8.38. The van der Waals surface area contributed by atoms with E-state index in [9.17, 15) is 0 Å². The molecule has 2 heterocycles. The predicted octanol–water partition coefficient (Wildman–Crippen LogP) is 1.60. The van der Waals surface area contributed by atoms with Gasteiger partial charge in [0.05, 0.1) is 29.1 Å². The molecular formula is C11H9N5. The first-order chi connectivity index (χ1) is 7.83. The van der Waals surface area contributed by atoms with E-state index in [1.54, 1.807) is 12.4 Å². The lowest BCUT2D eigenvalue weighted by Gasteiger charge is -1.99. The molecule has 1 aromatic carbocycles. The summed E-state index contributed by atoms with van der Waals surface area (Å²) in [6, 6.07) is 7.71. The lowest BCUT2D eigenvalue weighted by Crippen LogP contribution is -1.89. The molecule has 3 aromatic rings. The molecule has 0 aliphatic rings. The molecule has 3 N–H and O–H groups in total. The van der Waals surface area contributed by atoms with Crippen LogP contribution in [0.3, 0.4) is 0 Å². The zero-order chi connectivity index (χ0) is 11.0. The van der Waals surface area contributed by atoms with Crippen LogP contribution in [0.4, 0.5) is 5.95 Å². The number of nitrogen functional groups attached to an aromatic ring is 1. The van der Waals surface area contributed by atoms with Crippen LogP contribution >= 0.6 is 0 Å². The number of hydrogen-bond acceptors (Lipinski definition) is 4. The van der Waals surface area contributed by atoms with Crippen LogP contribution in [0.5, 0.6) is 0 Å². The molecule has 0 unspecified atom stereocenters. The summed E-state index contributed by atoms with van der Waals surface area (Å²) in [6.45, 7) is 0. The summed E-state index contributed by atoms with van der Waals surface area (Å²) in [5.41, 5.74) is 8.75. The van der Waals surface area contributed by atoms with Crippen molar-refractivity contribution in [1.29, 1.82) is 0 Å². The first kappa shape index (κ1) is 8.84. The molecule has 0 atom stereocenters. The van der Waals surface area contributed by atoms with Gasteiger partial charge in [0.2, 0.25) is 0 Å². The molecule has 5 nitrogen and oxygen atoms in total. The van der Waals surface area contributed by atoms with E-state index in [2.05, 4.69) is 19.9 Å². The highest BCUT2D eigenvalue weighted by Gasteiger charge is 2.04. The highest BCUT2D eigenvalue weighted by atomic mass is 15.0. The van der Waals surface area contributed by atoms with Crippen LogP contribution in [0.15, 0.2) is 36.7 Å². The van der Waals surface area contributed by atoms with Crippen molar-refractivity contribution >= 4 is 17.0 Å². The first-order valence-corrected chi connectivity index (χ1v) is 4.85. The molecule has 16 heavy (non-hydrogen) atoms. The van der Waals surface area contributed by atoms with Crippen LogP contribution in [0.2, 0.25) is 0 Å². The van der Waals surface area contributed by atoms with Gasteiger partial charge in [-0.15, -0.1) is 0 Å². The fraction of sp³-hybridized carbons (Fsp3) is 0. The van der Waals surface area contributed by atoms with Gasteiger partial charge in [-0.2, -0.15) is 0 Å². The van der Waals surface area contributed by atoms with E-state index in [-0.39, 0.29) is 0 Å². The molecule has 0 saturated carbocycles. The Morgan fingerprint density at radius 2 is 1.81 bits per heavy atom. The quantitative estimate of drug-likeness (QED) is 0.640. The number of fused-ring (bicyclic) bond motifs is 1. The Kier molecular flexibility index (Phi) is 1.83. The second-order valence-corrected chi connectivity index (χ2v) is 3.43. The smallest absolute Gasteiger partial charge is 0.197 e. The van der Waals surface area contributed by atoms with Crippen molar-refractivity contribution in [1.82, 2.24) is 19.9 Å². The average Bonchev–Trinajstić information content (AvgIpc) is 2.75. The summed E-state index contributed by atoms with van der Waals surface area (Å²) < 4.78 is 0. The van der Waals surface area contributed by atoms with E-state index in [1.807, 2.05) is 24.3 Å².